The van der Waals surface area contributed by atoms with Gasteiger partial charge in [0.2, 0.25) is 0 Å². The number of carbonyl (C=O) groups is 1. The Morgan fingerprint density at radius 1 is 1.20 bits per heavy atom. The topological polar surface area (TPSA) is 30.2 Å². The molecule has 2 nitrogen and oxygen atoms in total. The maximum absolute atomic E-state index is 10.5. The Morgan fingerprint density at radius 2 is 2.00 bits per heavy atom. The molecule has 1 aromatic heterocycles. The second-order valence-corrected chi connectivity index (χ2v) is 3.33. The van der Waals surface area contributed by atoms with Gasteiger partial charge in [0.05, 0.1) is 0 Å². The van der Waals surface area contributed by atoms with Crippen LogP contribution in [0.4, 0.5) is 0 Å². The Hall–Kier alpha value is -1.83. The van der Waals surface area contributed by atoms with E-state index in [9.17, 15) is 4.79 Å². The van der Waals surface area contributed by atoms with Crippen LogP contribution in [0.2, 0.25) is 0 Å². The van der Waals surface area contributed by atoms with Gasteiger partial charge in [-0.05, 0) is 24.1 Å². The lowest BCUT2D eigenvalue weighted by Crippen LogP contribution is -1.84. The summed E-state index contributed by atoms with van der Waals surface area (Å²) in [5.74, 6) is 1.13. The van der Waals surface area contributed by atoms with Crippen LogP contribution in [0.5, 0.6) is 0 Å². The monoisotopic (exact) mass is 200 g/mol. The van der Waals surface area contributed by atoms with E-state index in [1.165, 1.54) is 5.56 Å². The molecule has 0 aliphatic heterocycles. The molecular formula is C13H12O2. The van der Waals surface area contributed by atoms with E-state index in [-0.39, 0.29) is 0 Å². The second-order valence-electron chi connectivity index (χ2n) is 3.33. The van der Waals surface area contributed by atoms with Crippen molar-refractivity contribution >= 4 is 6.29 Å². The summed E-state index contributed by atoms with van der Waals surface area (Å²) in [7, 11) is 0. The van der Waals surface area contributed by atoms with Crippen molar-refractivity contribution in [3.05, 3.63) is 47.7 Å². The molecular weight excluding hydrogens is 188 g/mol. The maximum atomic E-state index is 10.5. The van der Waals surface area contributed by atoms with Gasteiger partial charge in [-0.25, -0.2) is 0 Å². The van der Waals surface area contributed by atoms with Crippen LogP contribution in [-0.4, -0.2) is 6.29 Å². The van der Waals surface area contributed by atoms with Crippen molar-refractivity contribution < 1.29 is 9.21 Å². The van der Waals surface area contributed by atoms with Crippen molar-refractivity contribution in [3.63, 3.8) is 0 Å². The van der Waals surface area contributed by atoms with Gasteiger partial charge in [-0.3, -0.25) is 4.79 Å². The first kappa shape index (κ1) is 9.71. The second kappa shape index (κ2) is 4.13. The van der Waals surface area contributed by atoms with Crippen molar-refractivity contribution in [1.29, 1.82) is 0 Å². The highest BCUT2D eigenvalue weighted by Gasteiger charge is 2.07. The molecule has 0 atom stereocenters. The molecule has 15 heavy (non-hydrogen) atoms. The molecule has 2 rings (SSSR count). The maximum Gasteiger partial charge on any atom is 0.185 e. The zero-order valence-electron chi connectivity index (χ0n) is 8.57. The highest BCUT2D eigenvalue weighted by Crippen LogP contribution is 2.25. The van der Waals surface area contributed by atoms with E-state index in [1.54, 1.807) is 6.07 Å². The molecule has 0 aliphatic rings. The van der Waals surface area contributed by atoms with Crippen LogP contribution >= 0.6 is 0 Å². The van der Waals surface area contributed by atoms with E-state index < -0.39 is 0 Å². The van der Waals surface area contributed by atoms with Crippen molar-refractivity contribution in [1.82, 2.24) is 0 Å². The smallest absolute Gasteiger partial charge is 0.185 e. The van der Waals surface area contributed by atoms with Crippen LogP contribution in [0.25, 0.3) is 11.3 Å². The Balaban J connectivity index is 2.48. The van der Waals surface area contributed by atoms with E-state index in [2.05, 4.69) is 13.0 Å². The van der Waals surface area contributed by atoms with Gasteiger partial charge in [0.25, 0.3) is 0 Å². The molecule has 0 amide bonds. The van der Waals surface area contributed by atoms with Gasteiger partial charge >= 0.3 is 0 Å². The SMILES string of the molecule is CCc1ccccc1-c1ccc(C=O)o1. The third-order valence-corrected chi connectivity index (χ3v) is 2.41. The average molecular weight is 200 g/mol. The number of hydrogen-bond acceptors (Lipinski definition) is 2. The number of aldehydes is 1. The first-order valence-electron chi connectivity index (χ1n) is 4.98. The molecule has 0 spiro atoms. The predicted octanol–water partition coefficient (Wildman–Crippen LogP) is 3.32. The van der Waals surface area contributed by atoms with Crippen molar-refractivity contribution in [2.24, 2.45) is 0 Å². The summed E-state index contributed by atoms with van der Waals surface area (Å²) in [5.41, 5.74) is 2.29. The molecule has 0 bridgehead atoms. The number of aryl methyl sites for hydroxylation is 1. The fourth-order valence-corrected chi connectivity index (χ4v) is 1.63. The summed E-state index contributed by atoms with van der Waals surface area (Å²) in [6, 6.07) is 11.6. The first-order valence-corrected chi connectivity index (χ1v) is 4.98. The highest BCUT2D eigenvalue weighted by atomic mass is 16.3. The van der Waals surface area contributed by atoms with Crippen LogP contribution in [0.1, 0.15) is 23.0 Å². The number of hydrogen-bond donors (Lipinski definition) is 0. The van der Waals surface area contributed by atoms with Crippen LogP contribution in [0.3, 0.4) is 0 Å². The molecule has 1 aromatic carbocycles. The van der Waals surface area contributed by atoms with Crippen LogP contribution in [0, 0.1) is 0 Å². The standard InChI is InChI=1S/C13H12O2/c1-2-10-5-3-4-6-12(10)13-8-7-11(9-14)15-13/h3-9H,2H2,1H3. The van der Waals surface area contributed by atoms with E-state index in [0.717, 1.165) is 24.0 Å². The van der Waals surface area contributed by atoms with Gasteiger partial charge in [0, 0.05) is 5.56 Å². The van der Waals surface area contributed by atoms with Crippen LogP contribution in [-0.2, 0) is 6.42 Å². The number of benzene rings is 1. The lowest BCUT2D eigenvalue weighted by molar-refractivity contribution is 0.110. The Labute approximate surface area is 88.5 Å². The summed E-state index contributed by atoms with van der Waals surface area (Å²) in [6.45, 7) is 2.10. The molecule has 0 saturated carbocycles. The Bertz CT molecular complexity index is 469. The number of rotatable bonds is 3. The molecule has 76 valence electrons. The minimum Gasteiger partial charge on any atom is -0.453 e. The first-order chi connectivity index (χ1) is 7.35. The van der Waals surface area contributed by atoms with Crippen LogP contribution < -0.4 is 0 Å². The van der Waals surface area contributed by atoms with Gasteiger partial charge in [-0.15, -0.1) is 0 Å². The zero-order valence-corrected chi connectivity index (χ0v) is 8.57. The fourth-order valence-electron chi connectivity index (χ4n) is 1.63. The third kappa shape index (κ3) is 1.84. The van der Waals surface area contributed by atoms with E-state index in [0.29, 0.717) is 5.76 Å². The summed E-state index contributed by atoms with van der Waals surface area (Å²) < 4.78 is 5.39. The molecule has 0 saturated heterocycles. The average Bonchev–Trinajstić information content (AvgIpc) is 2.77. The summed E-state index contributed by atoms with van der Waals surface area (Å²) in [4.78, 5) is 10.5. The molecule has 0 unspecified atom stereocenters. The Morgan fingerprint density at radius 3 is 2.67 bits per heavy atom. The lowest BCUT2D eigenvalue weighted by Gasteiger charge is -2.03. The molecule has 2 heteroatoms. The number of furan rings is 1. The highest BCUT2D eigenvalue weighted by molar-refractivity contribution is 5.73. The van der Waals surface area contributed by atoms with E-state index >= 15 is 0 Å². The summed E-state index contributed by atoms with van der Waals surface area (Å²) in [6.07, 6.45) is 1.67. The van der Waals surface area contributed by atoms with Crippen molar-refractivity contribution in [2.75, 3.05) is 0 Å². The lowest BCUT2D eigenvalue weighted by atomic mass is 10.0. The molecule has 0 fully saturated rings. The van der Waals surface area contributed by atoms with E-state index in [1.807, 2.05) is 24.3 Å². The largest absolute Gasteiger partial charge is 0.453 e. The molecule has 0 N–H and O–H groups in total. The molecule has 1 heterocycles. The van der Waals surface area contributed by atoms with Gasteiger partial charge < -0.3 is 4.42 Å². The van der Waals surface area contributed by atoms with Gasteiger partial charge in [-0.1, -0.05) is 31.2 Å². The number of carbonyl (C=O) groups excluding carboxylic acids is 1. The fraction of sp³-hybridized carbons (Fsp3) is 0.154. The van der Waals surface area contributed by atoms with Crippen molar-refractivity contribution in [3.8, 4) is 11.3 Å². The minimum absolute atomic E-state index is 0.371. The van der Waals surface area contributed by atoms with Gasteiger partial charge in [0.1, 0.15) is 5.76 Å². The van der Waals surface area contributed by atoms with Gasteiger partial charge in [-0.2, -0.15) is 0 Å². The quantitative estimate of drug-likeness (QED) is 0.711. The van der Waals surface area contributed by atoms with Gasteiger partial charge in [0.15, 0.2) is 12.0 Å². The summed E-state index contributed by atoms with van der Waals surface area (Å²) >= 11 is 0. The minimum atomic E-state index is 0.371. The Kier molecular flexibility index (Phi) is 2.68. The zero-order chi connectivity index (χ0) is 10.7. The molecule has 0 radical (unpaired) electrons. The predicted molar refractivity (Wildman–Crippen MR) is 58.9 cm³/mol. The van der Waals surface area contributed by atoms with Crippen molar-refractivity contribution in [2.45, 2.75) is 13.3 Å². The normalized spacial score (nSPS) is 10.2. The van der Waals surface area contributed by atoms with E-state index in [4.69, 9.17) is 4.42 Å². The molecule has 0 aliphatic carbocycles. The van der Waals surface area contributed by atoms with Crippen LogP contribution in [0.15, 0.2) is 40.8 Å². The summed E-state index contributed by atoms with van der Waals surface area (Å²) in [5, 5.41) is 0. The third-order valence-electron chi connectivity index (χ3n) is 2.41. The molecule has 2 aromatic rings.